The molecule has 0 radical (unpaired) electrons. The molecule has 1 nitrogen and oxygen atoms in total. The maximum atomic E-state index is 5.31. The van der Waals surface area contributed by atoms with Crippen LogP contribution in [0.25, 0.3) is 0 Å². The first kappa shape index (κ1) is 13.3. The molecule has 2 heteroatoms. The Balaban J connectivity index is 0. The molecule has 0 unspecified atom stereocenters. The largest absolute Gasteiger partial charge is 0.381 e. The van der Waals surface area contributed by atoms with Crippen LogP contribution in [0.1, 0.15) is 39.5 Å². The second kappa shape index (κ2) is 12.4. The van der Waals surface area contributed by atoms with Gasteiger partial charge in [-0.2, -0.15) is 0 Å². The van der Waals surface area contributed by atoms with E-state index in [2.05, 4.69) is 13.8 Å². The second-order valence-corrected chi connectivity index (χ2v) is 2.32. The fraction of sp³-hybridized carbons (Fsp3) is 1.00. The van der Waals surface area contributed by atoms with Crippen LogP contribution in [0.5, 0.6) is 0 Å². The van der Waals surface area contributed by atoms with Crippen molar-refractivity contribution in [3.05, 3.63) is 0 Å². The Labute approximate surface area is 79.4 Å². The number of hydrogen-bond acceptors (Lipinski definition) is 1. The van der Waals surface area contributed by atoms with Crippen LogP contribution < -0.4 is 0 Å². The maximum Gasteiger partial charge on any atom is 0.0465 e. The van der Waals surface area contributed by atoms with Crippen molar-refractivity contribution in [2.24, 2.45) is 0 Å². The van der Waals surface area contributed by atoms with Crippen molar-refractivity contribution in [3.8, 4) is 0 Å². The van der Waals surface area contributed by atoms with E-state index >= 15 is 0 Å². The van der Waals surface area contributed by atoms with Gasteiger partial charge >= 0.3 is 0 Å². The van der Waals surface area contributed by atoms with Gasteiger partial charge in [0.25, 0.3) is 0 Å². The van der Waals surface area contributed by atoms with Crippen molar-refractivity contribution in [3.63, 3.8) is 0 Å². The van der Waals surface area contributed by atoms with Crippen LogP contribution in [-0.2, 0) is 26.5 Å². The summed E-state index contributed by atoms with van der Waals surface area (Å²) in [6.45, 7) is 6.28. The third-order valence-corrected chi connectivity index (χ3v) is 1.28. The zero-order chi connectivity index (χ0) is 6.95. The fourth-order valence-corrected chi connectivity index (χ4v) is 0.595. The normalized spacial score (nSPS) is 9.00. The van der Waals surface area contributed by atoms with E-state index in [0.29, 0.717) is 0 Å². The first-order chi connectivity index (χ1) is 4.41. The molecule has 0 rings (SSSR count). The van der Waals surface area contributed by atoms with E-state index in [9.17, 15) is 0 Å². The van der Waals surface area contributed by atoms with Gasteiger partial charge in [0.2, 0.25) is 0 Å². The summed E-state index contributed by atoms with van der Waals surface area (Å²) in [6.07, 6.45) is 4.91. The zero-order valence-electron chi connectivity index (χ0n) is 7.15. The van der Waals surface area contributed by atoms with E-state index in [1.54, 1.807) is 0 Å². The van der Waals surface area contributed by atoms with Crippen LogP contribution >= 0.6 is 0 Å². The molecule has 60 valence electrons. The molecular weight excluding hydrogens is 160 g/mol. The molecule has 0 amide bonds. The molecule has 0 atom stereocenters. The monoisotopic (exact) mass is 178 g/mol. The Morgan fingerprint density at radius 1 is 0.900 bits per heavy atom. The van der Waals surface area contributed by atoms with Gasteiger partial charge in [0.1, 0.15) is 0 Å². The van der Waals surface area contributed by atoms with Crippen molar-refractivity contribution < 1.29 is 26.5 Å². The van der Waals surface area contributed by atoms with Crippen molar-refractivity contribution >= 4 is 0 Å². The summed E-state index contributed by atoms with van der Waals surface area (Å²) in [7, 11) is 0. The summed E-state index contributed by atoms with van der Waals surface area (Å²) in [4.78, 5) is 0. The summed E-state index contributed by atoms with van der Waals surface area (Å²) >= 11 is 0. The molecule has 0 heterocycles. The van der Waals surface area contributed by atoms with Crippen LogP contribution in [0.4, 0.5) is 0 Å². The van der Waals surface area contributed by atoms with E-state index in [1.807, 2.05) is 0 Å². The molecule has 0 N–H and O–H groups in total. The van der Waals surface area contributed by atoms with Crippen molar-refractivity contribution in [1.29, 1.82) is 0 Å². The number of unbranched alkanes of at least 4 members (excludes halogenated alkanes) is 2. The molecule has 0 saturated carbocycles. The molecular formula is C8H18OTi. The summed E-state index contributed by atoms with van der Waals surface area (Å²) in [6, 6.07) is 0. The average molecular weight is 178 g/mol. The van der Waals surface area contributed by atoms with Gasteiger partial charge in [-0.3, -0.25) is 0 Å². The smallest absolute Gasteiger partial charge is 0.0465 e. The average Bonchev–Trinajstić information content (AvgIpc) is 1.89. The van der Waals surface area contributed by atoms with E-state index < -0.39 is 0 Å². The van der Waals surface area contributed by atoms with Gasteiger partial charge < -0.3 is 4.74 Å². The Bertz CT molecular complexity index is 42.5. The van der Waals surface area contributed by atoms with Gasteiger partial charge in [-0.15, -0.1) is 0 Å². The molecule has 0 saturated heterocycles. The quantitative estimate of drug-likeness (QED) is 0.448. The Kier molecular flexibility index (Phi) is 16.4. The van der Waals surface area contributed by atoms with Crippen LogP contribution in [0, 0.1) is 0 Å². The third kappa shape index (κ3) is 11.5. The van der Waals surface area contributed by atoms with Gasteiger partial charge in [-0.25, -0.2) is 0 Å². The number of hydrogen-bond donors (Lipinski definition) is 0. The van der Waals surface area contributed by atoms with E-state index in [0.717, 1.165) is 13.2 Å². The minimum Gasteiger partial charge on any atom is -0.381 e. The van der Waals surface area contributed by atoms with Gasteiger partial charge in [-0.1, -0.05) is 26.7 Å². The van der Waals surface area contributed by atoms with Crippen molar-refractivity contribution in [1.82, 2.24) is 0 Å². The standard InChI is InChI=1S/C8H18O.Ti/c1-3-5-7-9-8-6-4-2;/h3-8H2,1-2H3;. The molecule has 0 spiro atoms. The molecule has 0 bridgehead atoms. The molecule has 10 heavy (non-hydrogen) atoms. The first-order valence-corrected chi connectivity index (χ1v) is 3.99. The molecule has 0 fully saturated rings. The van der Waals surface area contributed by atoms with Crippen molar-refractivity contribution in [2.45, 2.75) is 39.5 Å². The topological polar surface area (TPSA) is 9.23 Å². The van der Waals surface area contributed by atoms with Crippen LogP contribution in [0.3, 0.4) is 0 Å². The molecule has 0 aliphatic carbocycles. The molecule has 0 aromatic carbocycles. The van der Waals surface area contributed by atoms with Gasteiger partial charge in [0.15, 0.2) is 0 Å². The van der Waals surface area contributed by atoms with Crippen LogP contribution in [-0.4, -0.2) is 13.2 Å². The van der Waals surface area contributed by atoms with Crippen LogP contribution in [0.15, 0.2) is 0 Å². The molecule has 0 aromatic rings. The SMILES string of the molecule is CCCCOCCCC.[Ti]. The zero-order valence-corrected chi connectivity index (χ0v) is 8.71. The summed E-state index contributed by atoms with van der Waals surface area (Å²) in [5.41, 5.74) is 0. The molecule has 0 aromatic heterocycles. The van der Waals surface area contributed by atoms with E-state index in [1.165, 1.54) is 25.7 Å². The maximum absolute atomic E-state index is 5.31. The van der Waals surface area contributed by atoms with Crippen LogP contribution in [0.2, 0.25) is 0 Å². The van der Waals surface area contributed by atoms with Crippen molar-refractivity contribution in [2.75, 3.05) is 13.2 Å². The minimum absolute atomic E-state index is 0. The summed E-state index contributed by atoms with van der Waals surface area (Å²) in [5.74, 6) is 0. The molecule has 0 aliphatic rings. The number of ether oxygens (including phenoxy) is 1. The second-order valence-electron chi connectivity index (χ2n) is 2.32. The van der Waals surface area contributed by atoms with Gasteiger partial charge in [0.05, 0.1) is 0 Å². The van der Waals surface area contributed by atoms with E-state index in [4.69, 9.17) is 4.74 Å². The molecule has 0 aliphatic heterocycles. The van der Waals surface area contributed by atoms with Gasteiger partial charge in [0, 0.05) is 34.9 Å². The van der Waals surface area contributed by atoms with Gasteiger partial charge in [-0.05, 0) is 12.8 Å². The Hall–Kier alpha value is 0.674. The Morgan fingerprint density at radius 3 is 1.60 bits per heavy atom. The third-order valence-electron chi connectivity index (χ3n) is 1.28. The summed E-state index contributed by atoms with van der Waals surface area (Å²) < 4.78 is 5.31. The summed E-state index contributed by atoms with van der Waals surface area (Å²) in [5, 5.41) is 0. The predicted molar refractivity (Wildman–Crippen MR) is 40.6 cm³/mol. The first-order valence-electron chi connectivity index (χ1n) is 3.99. The number of rotatable bonds is 6. The minimum atomic E-state index is 0. The fourth-order valence-electron chi connectivity index (χ4n) is 0.595. The van der Waals surface area contributed by atoms with E-state index in [-0.39, 0.29) is 21.7 Å². The predicted octanol–water partition coefficient (Wildman–Crippen LogP) is 2.60. The Morgan fingerprint density at radius 2 is 1.30 bits per heavy atom.